The van der Waals surface area contributed by atoms with E-state index < -0.39 is 0 Å². The van der Waals surface area contributed by atoms with E-state index in [1.54, 1.807) is 35.5 Å². The number of halogens is 1. The summed E-state index contributed by atoms with van der Waals surface area (Å²) in [5, 5.41) is 7.81. The molecule has 0 aliphatic carbocycles. The van der Waals surface area contributed by atoms with Gasteiger partial charge in [-0.2, -0.15) is 5.10 Å². The fourth-order valence-electron chi connectivity index (χ4n) is 3.37. The lowest BCUT2D eigenvalue weighted by atomic mass is 10.3. The summed E-state index contributed by atoms with van der Waals surface area (Å²) in [5.74, 6) is -0.205. The number of carbonyl (C=O) groups is 1. The number of nitrogens with zero attached hydrogens (tertiary/aromatic N) is 6. The molecule has 30 heavy (non-hydrogen) atoms. The second-order valence-electron chi connectivity index (χ2n) is 7.14. The van der Waals surface area contributed by atoms with Crippen molar-refractivity contribution in [2.45, 2.75) is 20.0 Å². The second-order valence-corrected chi connectivity index (χ2v) is 7.57. The average molecular weight is 420 g/mol. The van der Waals surface area contributed by atoms with E-state index in [0.29, 0.717) is 23.7 Å². The molecule has 0 spiro atoms. The zero-order valence-electron chi connectivity index (χ0n) is 16.2. The maximum absolute atomic E-state index is 12.5. The number of carbonyl (C=O) groups excluding carboxylic acids is 1. The highest BCUT2D eigenvalue weighted by Gasteiger charge is 2.11. The van der Waals surface area contributed by atoms with E-state index in [9.17, 15) is 4.79 Å². The lowest BCUT2D eigenvalue weighted by Gasteiger charge is -2.04. The Morgan fingerprint density at radius 1 is 1.07 bits per heavy atom. The number of amides is 1. The van der Waals surface area contributed by atoms with Gasteiger partial charge in [-0.05, 0) is 30.7 Å². The Bertz CT molecular complexity index is 1380. The Balaban J connectivity index is 1.27. The molecule has 9 heteroatoms. The molecule has 0 bridgehead atoms. The van der Waals surface area contributed by atoms with E-state index in [1.807, 2.05) is 46.3 Å². The van der Waals surface area contributed by atoms with Crippen molar-refractivity contribution in [3.8, 4) is 0 Å². The molecule has 0 saturated carbocycles. The first-order valence-corrected chi connectivity index (χ1v) is 9.79. The first kappa shape index (κ1) is 18.4. The van der Waals surface area contributed by atoms with Crippen molar-refractivity contribution in [3.63, 3.8) is 0 Å². The van der Waals surface area contributed by atoms with Gasteiger partial charge in [-0.25, -0.2) is 9.97 Å². The third kappa shape index (κ3) is 3.53. The molecule has 0 unspecified atom stereocenters. The van der Waals surface area contributed by atoms with Crippen LogP contribution in [0.2, 0.25) is 5.02 Å². The van der Waals surface area contributed by atoms with E-state index >= 15 is 0 Å². The van der Waals surface area contributed by atoms with Crippen molar-refractivity contribution in [3.05, 3.63) is 89.0 Å². The van der Waals surface area contributed by atoms with E-state index in [2.05, 4.69) is 20.4 Å². The summed E-state index contributed by atoms with van der Waals surface area (Å²) in [6, 6.07) is 7.62. The van der Waals surface area contributed by atoms with Crippen LogP contribution in [0.25, 0.3) is 11.3 Å². The highest BCUT2D eigenvalue weighted by Crippen LogP contribution is 2.13. The van der Waals surface area contributed by atoms with Crippen LogP contribution in [0, 0.1) is 6.92 Å². The highest BCUT2D eigenvalue weighted by molar-refractivity contribution is 6.30. The van der Waals surface area contributed by atoms with Crippen LogP contribution in [0.1, 0.15) is 27.3 Å². The maximum Gasteiger partial charge on any atom is 0.254 e. The van der Waals surface area contributed by atoms with Gasteiger partial charge < -0.3 is 14.1 Å². The molecule has 5 aromatic rings. The molecule has 0 aliphatic heterocycles. The van der Waals surface area contributed by atoms with Gasteiger partial charge in [-0.3, -0.25) is 9.48 Å². The molecule has 1 amide bonds. The highest BCUT2D eigenvalue weighted by atomic mass is 35.5. The summed E-state index contributed by atoms with van der Waals surface area (Å²) in [5.41, 5.74) is 5.03. The largest absolute Gasteiger partial charge is 0.346 e. The van der Waals surface area contributed by atoms with Crippen LogP contribution in [0.15, 0.2) is 61.4 Å². The van der Waals surface area contributed by atoms with E-state index in [-0.39, 0.29) is 5.91 Å². The van der Waals surface area contributed by atoms with Crippen LogP contribution in [0.5, 0.6) is 0 Å². The first-order chi connectivity index (χ1) is 14.5. The van der Waals surface area contributed by atoms with E-state index in [4.69, 9.17) is 11.6 Å². The molecule has 0 fully saturated rings. The standard InChI is InChI=1S/C21H18ClN7O/c1-14-2-4-20-26-17(12-27(20)9-14)13-28-10-15(6-25-28)21(30)24-8-18-7-23-19-5-3-16(22)11-29(18)19/h2-7,9-12H,8,13H2,1H3,(H,24,30). The van der Waals surface area contributed by atoms with Gasteiger partial charge in [0.15, 0.2) is 0 Å². The van der Waals surface area contributed by atoms with E-state index in [1.165, 1.54) is 0 Å². The van der Waals surface area contributed by atoms with Gasteiger partial charge in [-0.1, -0.05) is 17.7 Å². The number of aryl methyl sites for hydroxylation is 1. The number of rotatable bonds is 5. The number of fused-ring (bicyclic) bond motifs is 2. The summed E-state index contributed by atoms with van der Waals surface area (Å²) >= 11 is 6.06. The minimum absolute atomic E-state index is 0.205. The topological polar surface area (TPSA) is 81.5 Å². The number of imidazole rings is 2. The lowest BCUT2D eigenvalue weighted by molar-refractivity contribution is 0.0950. The predicted octanol–water partition coefficient (Wildman–Crippen LogP) is 3.12. The fraction of sp³-hybridized carbons (Fsp3) is 0.143. The molecule has 0 saturated heterocycles. The Morgan fingerprint density at radius 2 is 1.93 bits per heavy atom. The van der Waals surface area contributed by atoms with Crippen molar-refractivity contribution in [2.75, 3.05) is 0 Å². The first-order valence-electron chi connectivity index (χ1n) is 9.41. The number of pyridine rings is 2. The van der Waals surface area contributed by atoms with Gasteiger partial charge in [0.25, 0.3) is 5.91 Å². The zero-order valence-corrected chi connectivity index (χ0v) is 16.9. The summed E-state index contributed by atoms with van der Waals surface area (Å²) in [6.07, 6.45) is 10.8. The molecule has 0 atom stereocenters. The average Bonchev–Trinajstić information content (AvgIpc) is 3.44. The van der Waals surface area contributed by atoms with E-state index in [0.717, 1.165) is 28.2 Å². The van der Waals surface area contributed by atoms with Gasteiger partial charge in [0, 0.05) is 24.8 Å². The van der Waals surface area contributed by atoms with Crippen LogP contribution < -0.4 is 5.32 Å². The zero-order chi connectivity index (χ0) is 20.7. The van der Waals surface area contributed by atoms with Gasteiger partial charge in [0.2, 0.25) is 0 Å². The SMILES string of the molecule is Cc1ccc2nc(Cn3cc(C(=O)NCc4cnc5ccc(Cl)cn45)cn3)cn2c1. The smallest absolute Gasteiger partial charge is 0.254 e. The van der Waals surface area contributed by atoms with Gasteiger partial charge in [-0.15, -0.1) is 0 Å². The second kappa shape index (κ2) is 7.31. The van der Waals surface area contributed by atoms with Crippen molar-refractivity contribution in [1.82, 2.24) is 33.9 Å². The molecule has 0 aliphatic rings. The molecule has 5 aromatic heterocycles. The summed E-state index contributed by atoms with van der Waals surface area (Å²) < 4.78 is 5.55. The minimum atomic E-state index is -0.205. The Morgan fingerprint density at radius 3 is 2.83 bits per heavy atom. The molecule has 150 valence electrons. The van der Waals surface area contributed by atoms with Crippen LogP contribution >= 0.6 is 11.6 Å². The van der Waals surface area contributed by atoms with Crippen LogP contribution in [0.4, 0.5) is 0 Å². The molecule has 5 heterocycles. The molecular formula is C21H18ClN7O. The normalized spacial score (nSPS) is 11.4. The van der Waals surface area contributed by atoms with Crippen LogP contribution in [-0.2, 0) is 13.1 Å². The van der Waals surface area contributed by atoms with Crippen molar-refractivity contribution >= 4 is 28.8 Å². The Labute approximate surface area is 176 Å². The van der Waals surface area contributed by atoms with Crippen molar-refractivity contribution in [1.29, 1.82) is 0 Å². The fourth-order valence-corrected chi connectivity index (χ4v) is 3.53. The maximum atomic E-state index is 12.5. The predicted molar refractivity (Wildman–Crippen MR) is 113 cm³/mol. The molecular weight excluding hydrogens is 402 g/mol. The molecule has 0 radical (unpaired) electrons. The number of hydrogen-bond donors (Lipinski definition) is 1. The number of aromatic nitrogens is 6. The van der Waals surface area contributed by atoms with Crippen molar-refractivity contribution < 1.29 is 4.79 Å². The lowest BCUT2D eigenvalue weighted by Crippen LogP contribution is -2.23. The monoisotopic (exact) mass is 419 g/mol. The number of hydrogen-bond acceptors (Lipinski definition) is 4. The Kier molecular flexibility index (Phi) is 4.48. The van der Waals surface area contributed by atoms with Gasteiger partial charge in [0.05, 0.1) is 47.5 Å². The third-order valence-corrected chi connectivity index (χ3v) is 5.07. The van der Waals surface area contributed by atoms with Gasteiger partial charge >= 0.3 is 0 Å². The quantitative estimate of drug-likeness (QED) is 0.474. The summed E-state index contributed by atoms with van der Waals surface area (Å²) in [7, 11) is 0. The van der Waals surface area contributed by atoms with Crippen molar-refractivity contribution in [2.24, 2.45) is 0 Å². The number of nitrogens with one attached hydrogen (secondary N) is 1. The Hall–Kier alpha value is -3.65. The minimum Gasteiger partial charge on any atom is -0.346 e. The van der Waals surface area contributed by atoms with Gasteiger partial charge in [0.1, 0.15) is 11.3 Å². The van der Waals surface area contributed by atoms with Crippen LogP contribution in [-0.4, -0.2) is 34.5 Å². The molecule has 0 aromatic carbocycles. The third-order valence-electron chi connectivity index (χ3n) is 4.84. The summed E-state index contributed by atoms with van der Waals surface area (Å²) in [6.45, 7) is 2.86. The van der Waals surface area contributed by atoms with Crippen LogP contribution in [0.3, 0.4) is 0 Å². The molecule has 5 rings (SSSR count). The molecule has 1 N–H and O–H groups in total. The molecule has 8 nitrogen and oxygen atoms in total. The summed E-state index contributed by atoms with van der Waals surface area (Å²) in [4.78, 5) is 21.4.